The molecule has 1 fully saturated rings. The smallest absolute Gasteiger partial charge is 0.247 e. The van der Waals surface area contributed by atoms with Crippen LogP contribution in [0.25, 0.3) is 0 Å². The number of imide groups is 1. The number of nitrogens with zero attached hydrogens (tertiary/aromatic N) is 1. The molecular weight excluding hydrogens is 355 g/mol. The molecule has 7 heteroatoms. The van der Waals surface area contributed by atoms with Crippen molar-refractivity contribution in [2.45, 2.75) is 16.6 Å². The van der Waals surface area contributed by atoms with Gasteiger partial charge in [0.1, 0.15) is 0 Å². The lowest BCUT2D eigenvalue weighted by atomic mass is 10.3. The summed E-state index contributed by atoms with van der Waals surface area (Å²) in [6, 6.07) is 11.9. The van der Waals surface area contributed by atoms with Crippen LogP contribution >= 0.6 is 35.0 Å². The molecule has 1 aliphatic heterocycles. The highest BCUT2D eigenvalue weighted by Gasteiger charge is 2.41. The molecule has 23 heavy (non-hydrogen) atoms. The third-order valence-corrected chi connectivity index (χ3v) is 5.12. The summed E-state index contributed by atoms with van der Waals surface area (Å²) < 4.78 is 0. The Bertz CT molecular complexity index is 797. The number of nitrogens with two attached hydrogens (primary N) is 1. The minimum absolute atomic E-state index is 0.112. The Morgan fingerprint density at radius 3 is 2.65 bits per heavy atom. The number of amides is 2. The number of thioether (sulfide) groups is 1. The van der Waals surface area contributed by atoms with Crippen LogP contribution in [0.5, 0.6) is 0 Å². The molecule has 3 rings (SSSR count). The molecule has 0 saturated carbocycles. The van der Waals surface area contributed by atoms with Crippen LogP contribution in [-0.2, 0) is 9.59 Å². The van der Waals surface area contributed by atoms with Crippen LogP contribution in [-0.4, -0.2) is 17.1 Å². The zero-order valence-corrected chi connectivity index (χ0v) is 14.2. The molecule has 1 saturated heterocycles. The van der Waals surface area contributed by atoms with Crippen LogP contribution in [0.3, 0.4) is 0 Å². The number of benzene rings is 2. The van der Waals surface area contributed by atoms with Crippen LogP contribution in [0.1, 0.15) is 6.42 Å². The maximum absolute atomic E-state index is 12.6. The average Bonchev–Trinajstić information content (AvgIpc) is 2.76. The van der Waals surface area contributed by atoms with E-state index in [9.17, 15) is 9.59 Å². The maximum atomic E-state index is 12.6. The van der Waals surface area contributed by atoms with E-state index in [1.807, 2.05) is 12.1 Å². The molecule has 4 nitrogen and oxygen atoms in total. The Morgan fingerprint density at radius 2 is 1.91 bits per heavy atom. The van der Waals surface area contributed by atoms with Crippen LogP contribution in [0.15, 0.2) is 47.4 Å². The number of carbonyl (C=O) groups is 2. The van der Waals surface area contributed by atoms with Gasteiger partial charge < -0.3 is 5.73 Å². The minimum Gasteiger partial charge on any atom is -0.399 e. The van der Waals surface area contributed by atoms with E-state index in [-0.39, 0.29) is 18.2 Å². The number of nitrogen functional groups attached to an aromatic ring is 1. The van der Waals surface area contributed by atoms with Gasteiger partial charge >= 0.3 is 0 Å². The quantitative estimate of drug-likeness (QED) is 0.658. The third-order valence-electron chi connectivity index (χ3n) is 3.39. The van der Waals surface area contributed by atoms with E-state index in [0.717, 1.165) is 9.80 Å². The third kappa shape index (κ3) is 3.32. The first-order valence-corrected chi connectivity index (χ1v) is 8.43. The largest absolute Gasteiger partial charge is 0.399 e. The molecule has 2 aromatic carbocycles. The first kappa shape index (κ1) is 16.2. The van der Waals surface area contributed by atoms with E-state index in [4.69, 9.17) is 28.9 Å². The first-order valence-electron chi connectivity index (χ1n) is 6.80. The molecule has 1 atom stereocenters. The van der Waals surface area contributed by atoms with Crippen LogP contribution in [0.4, 0.5) is 11.4 Å². The summed E-state index contributed by atoms with van der Waals surface area (Å²) in [5, 5.41) is 0.224. The molecule has 2 amide bonds. The number of rotatable bonds is 3. The van der Waals surface area contributed by atoms with E-state index in [2.05, 4.69) is 0 Å². The van der Waals surface area contributed by atoms with Crippen molar-refractivity contribution in [1.82, 2.24) is 0 Å². The first-order chi connectivity index (χ1) is 11.0. The highest BCUT2D eigenvalue weighted by Crippen LogP contribution is 2.37. The number of carbonyl (C=O) groups excluding carboxylic acids is 2. The summed E-state index contributed by atoms with van der Waals surface area (Å²) in [5.74, 6) is -0.591. The topological polar surface area (TPSA) is 63.4 Å². The van der Waals surface area contributed by atoms with Gasteiger partial charge in [0.25, 0.3) is 0 Å². The Balaban J connectivity index is 1.87. The predicted molar refractivity (Wildman–Crippen MR) is 94.1 cm³/mol. The van der Waals surface area contributed by atoms with Crippen LogP contribution in [0, 0.1) is 0 Å². The molecule has 1 heterocycles. The second kappa shape index (κ2) is 6.43. The molecule has 0 spiro atoms. The second-order valence-electron chi connectivity index (χ2n) is 5.05. The zero-order chi connectivity index (χ0) is 16.6. The summed E-state index contributed by atoms with van der Waals surface area (Å²) in [7, 11) is 0. The molecule has 0 aliphatic carbocycles. The summed E-state index contributed by atoms with van der Waals surface area (Å²) in [6.07, 6.45) is 0.112. The molecule has 1 aliphatic rings. The SMILES string of the molecule is Nc1cccc(S[C@H]2CC(=O)N(c3cc(Cl)ccc3Cl)C2=O)c1. The Hall–Kier alpha value is -1.69. The van der Waals surface area contributed by atoms with Gasteiger partial charge in [-0.3, -0.25) is 9.59 Å². The summed E-state index contributed by atoms with van der Waals surface area (Å²) in [5.41, 5.74) is 6.68. The van der Waals surface area contributed by atoms with Gasteiger partial charge in [0.15, 0.2) is 0 Å². The fourth-order valence-corrected chi connectivity index (χ4v) is 3.85. The standard InChI is InChI=1S/C16H12Cl2N2O2S/c17-9-4-5-12(18)13(6-9)20-15(21)8-14(16(20)22)23-11-3-1-2-10(19)7-11/h1-7,14H,8,19H2/t14-/m0/s1. The highest BCUT2D eigenvalue weighted by molar-refractivity contribution is 8.00. The van der Waals surface area contributed by atoms with Crippen LogP contribution in [0.2, 0.25) is 10.0 Å². The van der Waals surface area contributed by atoms with Crippen molar-refractivity contribution in [1.29, 1.82) is 0 Å². The van der Waals surface area contributed by atoms with E-state index in [0.29, 0.717) is 21.4 Å². The van der Waals surface area contributed by atoms with Gasteiger partial charge in [0.2, 0.25) is 11.8 Å². The molecule has 0 bridgehead atoms. The predicted octanol–water partition coefficient (Wildman–Crippen LogP) is 4.00. The van der Waals surface area contributed by atoms with Crippen molar-refractivity contribution in [3.63, 3.8) is 0 Å². The van der Waals surface area contributed by atoms with Gasteiger partial charge in [-0.2, -0.15) is 0 Å². The zero-order valence-electron chi connectivity index (χ0n) is 11.8. The molecule has 118 valence electrons. The lowest BCUT2D eigenvalue weighted by Crippen LogP contribution is -2.31. The Labute approximate surface area is 147 Å². The lowest BCUT2D eigenvalue weighted by Gasteiger charge is -2.16. The van der Waals surface area contributed by atoms with Gasteiger partial charge in [-0.1, -0.05) is 29.3 Å². The maximum Gasteiger partial charge on any atom is 0.247 e. The number of anilines is 2. The monoisotopic (exact) mass is 366 g/mol. The molecular formula is C16H12Cl2N2O2S. The van der Waals surface area contributed by atoms with Gasteiger partial charge in [-0.25, -0.2) is 4.90 Å². The van der Waals surface area contributed by atoms with Gasteiger partial charge in [-0.05, 0) is 36.4 Å². The number of hydrogen-bond donors (Lipinski definition) is 1. The van der Waals surface area contributed by atoms with E-state index < -0.39 is 5.25 Å². The molecule has 0 unspecified atom stereocenters. The van der Waals surface area contributed by atoms with Crippen molar-refractivity contribution in [3.8, 4) is 0 Å². The van der Waals surface area contributed by atoms with Crippen LogP contribution < -0.4 is 10.6 Å². The Morgan fingerprint density at radius 1 is 1.13 bits per heavy atom. The van der Waals surface area contributed by atoms with Gasteiger partial charge in [-0.15, -0.1) is 11.8 Å². The number of halogens is 2. The normalized spacial score (nSPS) is 17.8. The lowest BCUT2D eigenvalue weighted by molar-refractivity contribution is -0.121. The minimum atomic E-state index is -0.501. The number of hydrogen-bond acceptors (Lipinski definition) is 4. The van der Waals surface area contributed by atoms with Crippen molar-refractivity contribution in [2.75, 3.05) is 10.6 Å². The fourth-order valence-electron chi connectivity index (χ4n) is 2.36. The van der Waals surface area contributed by atoms with Gasteiger partial charge in [0.05, 0.1) is 16.0 Å². The van der Waals surface area contributed by atoms with E-state index in [1.165, 1.54) is 17.8 Å². The summed E-state index contributed by atoms with van der Waals surface area (Å²) in [6.45, 7) is 0. The van der Waals surface area contributed by atoms with Crippen molar-refractivity contribution < 1.29 is 9.59 Å². The van der Waals surface area contributed by atoms with Crippen molar-refractivity contribution in [3.05, 3.63) is 52.5 Å². The van der Waals surface area contributed by atoms with E-state index in [1.54, 1.807) is 24.3 Å². The summed E-state index contributed by atoms with van der Waals surface area (Å²) >= 11 is 13.4. The Kier molecular flexibility index (Phi) is 4.53. The molecule has 2 aromatic rings. The van der Waals surface area contributed by atoms with Crippen molar-refractivity contribution in [2.24, 2.45) is 0 Å². The fraction of sp³-hybridized carbons (Fsp3) is 0.125. The second-order valence-corrected chi connectivity index (χ2v) is 7.17. The molecule has 2 N–H and O–H groups in total. The summed E-state index contributed by atoms with van der Waals surface area (Å²) in [4.78, 5) is 26.9. The molecule has 0 radical (unpaired) electrons. The highest BCUT2D eigenvalue weighted by atomic mass is 35.5. The van der Waals surface area contributed by atoms with Gasteiger partial charge in [0, 0.05) is 22.0 Å². The molecule has 0 aromatic heterocycles. The van der Waals surface area contributed by atoms with Crippen molar-refractivity contribution >= 4 is 58.2 Å². The average molecular weight is 367 g/mol. The van der Waals surface area contributed by atoms with E-state index >= 15 is 0 Å².